The Kier molecular flexibility index (Phi) is 1.50. The van der Waals surface area contributed by atoms with E-state index in [9.17, 15) is 12.3 Å². The van der Waals surface area contributed by atoms with E-state index < -0.39 is 15.5 Å². The summed E-state index contributed by atoms with van der Waals surface area (Å²) in [5.41, 5.74) is 0. The predicted molar refractivity (Wildman–Crippen MR) is 39.3 cm³/mol. The van der Waals surface area contributed by atoms with Crippen molar-refractivity contribution in [1.82, 2.24) is 0 Å². The van der Waals surface area contributed by atoms with Crippen LogP contribution in [0.5, 0.6) is 0 Å². The molecule has 3 atom stereocenters. The van der Waals surface area contributed by atoms with Crippen LogP contribution in [0.15, 0.2) is 0 Å². The lowest BCUT2D eigenvalue weighted by Gasteiger charge is -2.16. The quantitative estimate of drug-likeness (QED) is 0.570. The summed E-state index contributed by atoms with van der Waals surface area (Å²) in [4.78, 5) is 0. The van der Waals surface area contributed by atoms with Crippen LogP contribution in [0, 0.1) is 11.8 Å². The van der Waals surface area contributed by atoms with Crippen LogP contribution in [0.3, 0.4) is 0 Å². The Balaban J connectivity index is 2.21. The van der Waals surface area contributed by atoms with Gasteiger partial charge in [-0.3, -0.25) is 0 Å². The molecule has 11 heavy (non-hydrogen) atoms. The van der Waals surface area contributed by atoms with Crippen LogP contribution in [-0.4, -0.2) is 13.7 Å². The highest BCUT2D eigenvalue weighted by atomic mass is 32.3. The highest BCUT2D eigenvalue weighted by Crippen LogP contribution is 2.47. The molecule has 2 fully saturated rings. The second-order valence-corrected chi connectivity index (χ2v) is 5.25. The minimum Gasteiger partial charge on any atom is -0.195 e. The molecule has 2 aliphatic carbocycles. The van der Waals surface area contributed by atoms with Crippen LogP contribution in [0.1, 0.15) is 25.7 Å². The van der Waals surface area contributed by atoms with Gasteiger partial charge in [0.15, 0.2) is 0 Å². The maximum Gasteiger partial charge on any atom is 0.305 e. The van der Waals surface area contributed by atoms with E-state index in [2.05, 4.69) is 0 Å². The van der Waals surface area contributed by atoms with Gasteiger partial charge in [-0.25, -0.2) is 0 Å². The van der Waals surface area contributed by atoms with Crippen molar-refractivity contribution < 1.29 is 12.3 Å². The van der Waals surface area contributed by atoms with Gasteiger partial charge < -0.3 is 0 Å². The van der Waals surface area contributed by atoms with Crippen molar-refractivity contribution in [2.24, 2.45) is 11.8 Å². The fourth-order valence-corrected chi connectivity index (χ4v) is 3.74. The number of halogens is 1. The first-order chi connectivity index (χ1) is 5.07. The number of hydrogen-bond acceptors (Lipinski definition) is 2. The monoisotopic (exact) mass is 178 g/mol. The molecule has 0 aromatic rings. The average Bonchev–Trinajstić information content (AvgIpc) is 2.42. The minimum atomic E-state index is -4.23. The first-order valence-electron chi connectivity index (χ1n) is 4.01. The van der Waals surface area contributed by atoms with Gasteiger partial charge in [-0.05, 0) is 31.1 Å². The van der Waals surface area contributed by atoms with E-state index >= 15 is 0 Å². The van der Waals surface area contributed by atoms with Crippen molar-refractivity contribution in [2.75, 3.05) is 0 Å². The van der Waals surface area contributed by atoms with E-state index in [1.165, 1.54) is 0 Å². The van der Waals surface area contributed by atoms with Gasteiger partial charge in [-0.15, -0.1) is 3.89 Å². The third-order valence-electron chi connectivity index (χ3n) is 3.03. The SMILES string of the molecule is O=S(=O)(F)C1CC2CCC1C2. The maximum absolute atomic E-state index is 12.5. The van der Waals surface area contributed by atoms with Crippen LogP contribution < -0.4 is 0 Å². The van der Waals surface area contributed by atoms with Crippen molar-refractivity contribution in [3.05, 3.63) is 0 Å². The summed E-state index contributed by atoms with van der Waals surface area (Å²) < 4.78 is 33.6. The number of hydrogen-bond donors (Lipinski definition) is 0. The molecule has 2 saturated carbocycles. The van der Waals surface area contributed by atoms with E-state index in [1.807, 2.05) is 0 Å². The molecule has 2 rings (SSSR count). The van der Waals surface area contributed by atoms with Crippen molar-refractivity contribution in [3.63, 3.8) is 0 Å². The zero-order chi connectivity index (χ0) is 8.06. The second-order valence-electron chi connectivity index (χ2n) is 3.69. The largest absolute Gasteiger partial charge is 0.305 e. The molecule has 4 heteroatoms. The zero-order valence-corrected chi connectivity index (χ0v) is 6.98. The first kappa shape index (κ1) is 7.53. The molecule has 0 spiro atoms. The lowest BCUT2D eigenvalue weighted by Crippen LogP contribution is -2.23. The number of fused-ring (bicyclic) bond motifs is 2. The molecule has 0 N–H and O–H groups in total. The van der Waals surface area contributed by atoms with Crippen molar-refractivity contribution in [1.29, 1.82) is 0 Å². The van der Waals surface area contributed by atoms with Gasteiger partial charge in [0.1, 0.15) is 0 Å². The summed E-state index contributed by atoms with van der Waals surface area (Å²) in [6.45, 7) is 0. The predicted octanol–water partition coefficient (Wildman–Crippen LogP) is 1.47. The highest BCUT2D eigenvalue weighted by Gasteiger charge is 2.46. The summed E-state index contributed by atoms with van der Waals surface area (Å²) in [5, 5.41) is -0.652. The summed E-state index contributed by atoms with van der Waals surface area (Å²) >= 11 is 0. The van der Waals surface area contributed by atoms with Crippen molar-refractivity contribution in [2.45, 2.75) is 30.9 Å². The van der Waals surface area contributed by atoms with Gasteiger partial charge in [0.25, 0.3) is 0 Å². The molecular weight excluding hydrogens is 167 g/mol. The van der Waals surface area contributed by atoms with E-state index in [-0.39, 0.29) is 5.92 Å². The molecule has 0 aromatic heterocycles. The Bertz CT molecular complexity index is 260. The van der Waals surface area contributed by atoms with Crippen LogP contribution in [-0.2, 0) is 10.2 Å². The Labute approximate surface area is 66.0 Å². The molecule has 2 bridgehead atoms. The Morgan fingerprint density at radius 1 is 1.18 bits per heavy atom. The summed E-state index contributed by atoms with van der Waals surface area (Å²) in [6, 6.07) is 0. The Morgan fingerprint density at radius 3 is 2.18 bits per heavy atom. The van der Waals surface area contributed by atoms with Gasteiger partial charge in [-0.2, -0.15) is 8.42 Å². The average molecular weight is 178 g/mol. The molecule has 0 aromatic carbocycles. The van der Waals surface area contributed by atoms with Gasteiger partial charge in [-0.1, -0.05) is 6.42 Å². The van der Waals surface area contributed by atoms with Crippen LogP contribution in [0.4, 0.5) is 3.89 Å². The second kappa shape index (κ2) is 2.19. The molecule has 2 nitrogen and oxygen atoms in total. The van der Waals surface area contributed by atoms with E-state index in [4.69, 9.17) is 0 Å². The molecule has 2 aliphatic rings. The van der Waals surface area contributed by atoms with Gasteiger partial charge in [0.05, 0.1) is 5.25 Å². The number of rotatable bonds is 1. The lowest BCUT2D eigenvalue weighted by atomic mass is 10.0. The standard InChI is InChI=1S/C7H11FO2S/c8-11(9,10)7-4-5-1-2-6(7)3-5/h5-7H,1-4H2. The van der Waals surface area contributed by atoms with Gasteiger partial charge in [0, 0.05) is 0 Å². The maximum atomic E-state index is 12.5. The van der Waals surface area contributed by atoms with E-state index in [0.29, 0.717) is 12.3 Å². The molecule has 0 heterocycles. The smallest absolute Gasteiger partial charge is 0.195 e. The van der Waals surface area contributed by atoms with Gasteiger partial charge in [0.2, 0.25) is 0 Å². The Hall–Kier alpha value is -0.120. The summed E-state index contributed by atoms with van der Waals surface area (Å²) in [7, 11) is -4.23. The fourth-order valence-electron chi connectivity index (χ4n) is 2.53. The van der Waals surface area contributed by atoms with E-state index in [0.717, 1.165) is 19.3 Å². The van der Waals surface area contributed by atoms with Crippen molar-refractivity contribution in [3.8, 4) is 0 Å². The molecule has 0 amide bonds. The molecular formula is C7H11FO2S. The zero-order valence-electron chi connectivity index (χ0n) is 6.16. The molecule has 3 unspecified atom stereocenters. The van der Waals surface area contributed by atoms with E-state index in [1.54, 1.807) is 0 Å². The third-order valence-corrected chi connectivity index (χ3v) is 4.34. The molecule has 0 aliphatic heterocycles. The van der Waals surface area contributed by atoms with Crippen LogP contribution in [0.2, 0.25) is 0 Å². The fraction of sp³-hybridized carbons (Fsp3) is 1.00. The van der Waals surface area contributed by atoms with Crippen LogP contribution >= 0.6 is 0 Å². The van der Waals surface area contributed by atoms with Crippen molar-refractivity contribution >= 4 is 10.2 Å². The molecule has 0 radical (unpaired) electrons. The normalized spacial score (nSPS) is 43.2. The molecule has 0 saturated heterocycles. The van der Waals surface area contributed by atoms with Crippen LogP contribution in [0.25, 0.3) is 0 Å². The topological polar surface area (TPSA) is 34.1 Å². The molecule has 64 valence electrons. The minimum absolute atomic E-state index is 0.134. The van der Waals surface area contributed by atoms with Gasteiger partial charge >= 0.3 is 10.2 Å². The summed E-state index contributed by atoms with van der Waals surface area (Å²) in [5.74, 6) is 0.630. The third kappa shape index (κ3) is 1.17. The highest BCUT2D eigenvalue weighted by molar-refractivity contribution is 7.87. The summed E-state index contributed by atoms with van der Waals surface area (Å²) in [6.07, 6.45) is 3.53. The lowest BCUT2D eigenvalue weighted by molar-refractivity contribution is 0.446. The first-order valence-corrected chi connectivity index (χ1v) is 5.45. The Morgan fingerprint density at radius 2 is 1.91 bits per heavy atom.